The molecule has 7 nitrogen and oxygen atoms in total. The zero-order valence-corrected chi connectivity index (χ0v) is 15.7. The quantitative estimate of drug-likeness (QED) is 0.773. The van der Waals surface area contributed by atoms with E-state index in [4.69, 9.17) is 4.74 Å². The SMILES string of the molecule is COC(=O)C(C)(C)C(C)(C)Nc1ccc(C(=O)Nc2ccccc2)nn1. The number of hydrogen-bond donors (Lipinski definition) is 2. The molecule has 26 heavy (non-hydrogen) atoms. The highest BCUT2D eigenvalue weighted by Gasteiger charge is 2.44. The Bertz CT molecular complexity index is 771. The maximum atomic E-state index is 12.2. The topological polar surface area (TPSA) is 93.2 Å². The number of hydrogen-bond acceptors (Lipinski definition) is 6. The number of nitrogens with one attached hydrogen (secondary N) is 2. The summed E-state index contributed by atoms with van der Waals surface area (Å²) < 4.78 is 4.88. The Kier molecular flexibility index (Phi) is 5.59. The van der Waals surface area contributed by atoms with Crippen LogP contribution in [0.4, 0.5) is 11.5 Å². The first kappa shape index (κ1) is 19.4. The van der Waals surface area contributed by atoms with E-state index < -0.39 is 11.0 Å². The van der Waals surface area contributed by atoms with E-state index in [2.05, 4.69) is 20.8 Å². The Labute approximate surface area is 153 Å². The van der Waals surface area contributed by atoms with Crippen LogP contribution in [0, 0.1) is 5.41 Å². The fourth-order valence-electron chi connectivity index (χ4n) is 2.22. The van der Waals surface area contributed by atoms with Crippen LogP contribution >= 0.6 is 0 Å². The minimum Gasteiger partial charge on any atom is -0.469 e. The molecule has 0 saturated carbocycles. The molecular weight excluding hydrogens is 332 g/mol. The number of methoxy groups -OCH3 is 1. The van der Waals surface area contributed by atoms with Gasteiger partial charge in [0.05, 0.1) is 12.5 Å². The Morgan fingerprint density at radius 2 is 1.62 bits per heavy atom. The second-order valence-electron chi connectivity index (χ2n) is 6.99. The lowest BCUT2D eigenvalue weighted by Crippen LogP contribution is -2.51. The van der Waals surface area contributed by atoms with Gasteiger partial charge in [-0.1, -0.05) is 18.2 Å². The molecule has 0 bridgehead atoms. The standard InChI is InChI=1S/C19H24N4O3/c1-18(2,17(25)26-5)19(3,4)21-15-12-11-14(22-23-15)16(24)20-13-9-7-6-8-10-13/h6-12H,1-5H3,(H,20,24)(H,21,23). The lowest BCUT2D eigenvalue weighted by Gasteiger charge is -2.39. The van der Waals surface area contributed by atoms with Gasteiger partial charge in [-0.2, -0.15) is 0 Å². The first-order chi connectivity index (χ1) is 12.2. The van der Waals surface area contributed by atoms with E-state index >= 15 is 0 Å². The number of amides is 1. The van der Waals surface area contributed by atoms with Crippen molar-refractivity contribution in [2.45, 2.75) is 33.2 Å². The number of anilines is 2. The molecular formula is C19H24N4O3. The number of nitrogens with zero attached hydrogens (tertiary/aromatic N) is 2. The Morgan fingerprint density at radius 1 is 0.962 bits per heavy atom. The van der Waals surface area contributed by atoms with Crippen LogP contribution in [0.3, 0.4) is 0 Å². The molecule has 1 aromatic heterocycles. The van der Waals surface area contributed by atoms with Crippen molar-refractivity contribution >= 4 is 23.4 Å². The highest BCUT2D eigenvalue weighted by Crippen LogP contribution is 2.34. The Morgan fingerprint density at radius 3 is 2.15 bits per heavy atom. The second kappa shape index (κ2) is 7.51. The molecule has 0 aliphatic heterocycles. The monoisotopic (exact) mass is 356 g/mol. The number of carbonyl (C=O) groups is 2. The molecule has 2 N–H and O–H groups in total. The van der Waals surface area contributed by atoms with Gasteiger partial charge in [0.15, 0.2) is 5.69 Å². The smallest absolute Gasteiger partial charge is 0.313 e. The van der Waals surface area contributed by atoms with Gasteiger partial charge >= 0.3 is 5.97 Å². The van der Waals surface area contributed by atoms with E-state index in [0.717, 1.165) is 0 Å². The third-order valence-electron chi connectivity index (χ3n) is 4.63. The summed E-state index contributed by atoms with van der Waals surface area (Å²) in [5.41, 5.74) is -0.568. The molecule has 0 aliphatic rings. The largest absolute Gasteiger partial charge is 0.469 e. The van der Waals surface area contributed by atoms with Gasteiger partial charge in [0.25, 0.3) is 5.91 Å². The number of para-hydroxylation sites is 1. The normalized spacial score (nSPS) is 11.6. The third kappa shape index (κ3) is 4.17. The maximum Gasteiger partial charge on any atom is 0.313 e. The minimum atomic E-state index is -0.799. The molecule has 0 unspecified atom stereocenters. The average molecular weight is 356 g/mol. The third-order valence-corrected chi connectivity index (χ3v) is 4.63. The molecule has 0 aliphatic carbocycles. The second-order valence-corrected chi connectivity index (χ2v) is 6.99. The summed E-state index contributed by atoms with van der Waals surface area (Å²) in [6, 6.07) is 12.3. The molecule has 0 radical (unpaired) electrons. The number of esters is 1. The first-order valence-corrected chi connectivity index (χ1v) is 8.24. The van der Waals surface area contributed by atoms with Crippen LogP contribution in [0.2, 0.25) is 0 Å². The maximum absolute atomic E-state index is 12.2. The van der Waals surface area contributed by atoms with Gasteiger partial charge < -0.3 is 15.4 Å². The zero-order valence-electron chi connectivity index (χ0n) is 15.7. The van der Waals surface area contributed by atoms with Gasteiger partial charge in [0.1, 0.15) is 5.82 Å². The van der Waals surface area contributed by atoms with Crippen LogP contribution in [0.1, 0.15) is 38.2 Å². The molecule has 7 heteroatoms. The van der Waals surface area contributed by atoms with E-state index in [-0.39, 0.29) is 17.6 Å². The summed E-state index contributed by atoms with van der Waals surface area (Å²) >= 11 is 0. The summed E-state index contributed by atoms with van der Waals surface area (Å²) in [7, 11) is 1.36. The van der Waals surface area contributed by atoms with E-state index in [1.165, 1.54) is 7.11 Å². The van der Waals surface area contributed by atoms with Crippen LogP contribution in [0.5, 0.6) is 0 Å². The van der Waals surface area contributed by atoms with Crippen molar-refractivity contribution in [2.75, 3.05) is 17.7 Å². The highest BCUT2D eigenvalue weighted by atomic mass is 16.5. The molecule has 2 aromatic rings. The van der Waals surface area contributed by atoms with Crippen molar-refractivity contribution in [3.05, 3.63) is 48.2 Å². The molecule has 0 spiro atoms. The Hall–Kier alpha value is -2.96. The first-order valence-electron chi connectivity index (χ1n) is 8.24. The predicted molar refractivity (Wildman–Crippen MR) is 99.9 cm³/mol. The molecule has 1 aromatic carbocycles. The summed E-state index contributed by atoms with van der Waals surface area (Å²) in [6.07, 6.45) is 0. The fraction of sp³-hybridized carbons (Fsp3) is 0.368. The molecule has 0 atom stereocenters. The van der Waals surface area contributed by atoms with Gasteiger partial charge in [-0.3, -0.25) is 9.59 Å². The van der Waals surface area contributed by atoms with Gasteiger partial charge in [-0.25, -0.2) is 0 Å². The van der Waals surface area contributed by atoms with E-state index in [1.54, 1.807) is 38.1 Å². The summed E-state index contributed by atoms with van der Waals surface area (Å²) in [4.78, 5) is 24.2. The lowest BCUT2D eigenvalue weighted by molar-refractivity contribution is -0.153. The number of carbonyl (C=O) groups excluding carboxylic acids is 2. The van der Waals surface area contributed by atoms with Gasteiger partial charge in [-0.05, 0) is 52.0 Å². The number of ether oxygens (including phenoxy) is 1. The average Bonchev–Trinajstić information content (AvgIpc) is 2.61. The van der Waals surface area contributed by atoms with Gasteiger partial charge in [-0.15, -0.1) is 10.2 Å². The molecule has 0 saturated heterocycles. The van der Waals surface area contributed by atoms with Crippen molar-refractivity contribution in [2.24, 2.45) is 5.41 Å². The zero-order chi connectivity index (χ0) is 19.4. The van der Waals surface area contributed by atoms with Crippen molar-refractivity contribution in [3.8, 4) is 0 Å². The van der Waals surface area contributed by atoms with E-state index in [9.17, 15) is 9.59 Å². The molecule has 138 valence electrons. The summed E-state index contributed by atoms with van der Waals surface area (Å²) in [5, 5.41) is 13.9. The van der Waals surface area contributed by atoms with Crippen LogP contribution in [0.15, 0.2) is 42.5 Å². The number of benzene rings is 1. The van der Waals surface area contributed by atoms with Crippen LogP contribution in [0.25, 0.3) is 0 Å². The lowest BCUT2D eigenvalue weighted by atomic mass is 9.74. The fourth-order valence-corrected chi connectivity index (χ4v) is 2.22. The van der Waals surface area contributed by atoms with Crippen LogP contribution in [-0.2, 0) is 9.53 Å². The molecule has 2 rings (SSSR count). The summed E-state index contributed by atoms with van der Waals surface area (Å²) in [6.45, 7) is 7.34. The van der Waals surface area contributed by atoms with Crippen molar-refractivity contribution in [1.82, 2.24) is 10.2 Å². The predicted octanol–water partition coefficient (Wildman–Crippen LogP) is 3.12. The van der Waals surface area contributed by atoms with Crippen molar-refractivity contribution < 1.29 is 14.3 Å². The highest BCUT2D eigenvalue weighted by molar-refractivity contribution is 6.02. The van der Waals surface area contributed by atoms with E-state index in [1.807, 2.05) is 32.0 Å². The van der Waals surface area contributed by atoms with Crippen LogP contribution in [-0.4, -0.2) is 34.7 Å². The molecule has 1 heterocycles. The minimum absolute atomic E-state index is 0.199. The van der Waals surface area contributed by atoms with E-state index in [0.29, 0.717) is 11.5 Å². The number of rotatable bonds is 6. The Balaban J connectivity index is 2.09. The van der Waals surface area contributed by atoms with Crippen LogP contribution < -0.4 is 10.6 Å². The van der Waals surface area contributed by atoms with Gasteiger partial charge in [0.2, 0.25) is 0 Å². The van der Waals surface area contributed by atoms with Crippen molar-refractivity contribution in [3.63, 3.8) is 0 Å². The summed E-state index contributed by atoms with van der Waals surface area (Å²) in [5.74, 6) is -0.213. The molecule has 1 amide bonds. The van der Waals surface area contributed by atoms with Gasteiger partial charge in [0, 0.05) is 11.2 Å². The van der Waals surface area contributed by atoms with Crippen molar-refractivity contribution in [1.29, 1.82) is 0 Å². The number of aromatic nitrogens is 2. The molecule has 0 fully saturated rings.